The van der Waals surface area contributed by atoms with Gasteiger partial charge in [0.15, 0.2) is 10.9 Å². The van der Waals surface area contributed by atoms with Crippen molar-refractivity contribution in [1.29, 1.82) is 0 Å². The van der Waals surface area contributed by atoms with E-state index in [4.69, 9.17) is 21.1 Å². The van der Waals surface area contributed by atoms with Gasteiger partial charge in [-0.25, -0.2) is 14.6 Å². The maximum absolute atomic E-state index is 11.9. The summed E-state index contributed by atoms with van der Waals surface area (Å²) in [6, 6.07) is 1.49. The van der Waals surface area contributed by atoms with E-state index < -0.39 is 17.7 Å². The molecule has 1 N–H and O–H groups in total. The number of hydrogen-bond donors (Lipinski definition) is 1. The summed E-state index contributed by atoms with van der Waals surface area (Å²) in [5.41, 5.74) is -0.582. The summed E-state index contributed by atoms with van der Waals surface area (Å²) in [4.78, 5) is 27.3. The smallest absolute Gasteiger partial charge is 0.408 e. The van der Waals surface area contributed by atoms with E-state index in [1.54, 1.807) is 0 Å². The predicted molar refractivity (Wildman–Crippen MR) is 92.0 cm³/mol. The van der Waals surface area contributed by atoms with Gasteiger partial charge in [-0.3, -0.25) is 0 Å². The Hall–Kier alpha value is -2.02. The fourth-order valence-electron chi connectivity index (χ4n) is 2.22. The number of hydrogen-bond acceptors (Lipinski definition) is 6. The molecule has 7 nitrogen and oxygen atoms in total. The normalized spacial score (nSPS) is 15.2. The van der Waals surface area contributed by atoms with E-state index in [0.717, 1.165) is 12.8 Å². The molecule has 2 rings (SSSR count). The van der Waals surface area contributed by atoms with Gasteiger partial charge in [-0.15, -0.1) is 0 Å². The topological polar surface area (TPSA) is 86.8 Å². The first kappa shape index (κ1) is 19.3. The average Bonchev–Trinajstić information content (AvgIpc) is 3.25. The highest BCUT2D eigenvalue weighted by atomic mass is 35.5. The van der Waals surface area contributed by atoms with Crippen LogP contribution < -0.4 is 10.1 Å². The van der Waals surface area contributed by atoms with E-state index in [0.29, 0.717) is 18.8 Å². The Morgan fingerprint density at radius 1 is 1.36 bits per heavy atom. The van der Waals surface area contributed by atoms with Crippen molar-refractivity contribution in [1.82, 2.24) is 10.3 Å². The van der Waals surface area contributed by atoms with Crippen molar-refractivity contribution < 1.29 is 23.8 Å². The summed E-state index contributed by atoms with van der Waals surface area (Å²) in [7, 11) is 1.29. The molecule has 0 unspecified atom stereocenters. The monoisotopic (exact) mass is 370 g/mol. The maximum Gasteiger partial charge on any atom is 0.408 e. The van der Waals surface area contributed by atoms with Gasteiger partial charge in [0.25, 0.3) is 0 Å². The number of alkyl carbamates (subject to hydrolysis) is 1. The van der Waals surface area contributed by atoms with Crippen molar-refractivity contribution in [3.05, 3.63) is 23.0 Å². The van der Waals surface area contributed by atoms with Crippen LogP contribution in [0.15, 0.2) is 12.3 Å². The summed E-state index contributed by atoms with van der Waals surface area (Å²) in [6.45, 7) is 5.78. The van der Waals surface area contributed by atoms with Gasteiger partial charge in [0.05, 0.1) is 19.3 Å². The van der Waals surface area contributed by atoms with E-state index in [1.165, 1.54) is 19.4 Å². The van der Waals surface area contributed by atoms with E-state index >= 15 is 0 Å². The minimum Gasteiger partial charge on any atom is -0.490 e. The number of amides is 1. The number of ether oxygens (including phenoxy) is 3. The highest BCUT2D eigenvalue weighted by molar-refractivity contribution is 6.30. The number of carbonyl (C=O) groups excluding carboxylic acids is 2. The minimum absolute atomic E-state index is 0.164. The van der Waals surface area contributed by atoms with Gasteiger partial charge < -0.3 is 19.5 Å². The van der Waals surface area contributed by atoms with E-state index in [1.807, 2.05) is 20.8 Å². The number of carbonyl (C=O) groups is 2. The molecule has 0 saturated heterocycles. The van der Waals surface area contributed by atoms with Crippen LogP contribution in [0.2, 0.25) is 5.15 Å². The van der Waals surface area contributed by atoms with Crippen molar-refractivity contribution in [2.75, 3.05) is 13.7 Å². The van der Waals surface area contributed by atoms with Gasteiger partial charge in [-0.1, -0.05) is 11.6 Å². The van der Waals surface area contributed by atoms with Crippen LogP contribution >= 0.6 is 11.6 Å². The number of methoxy groups -OCH3 is 1. The minimum atomic E-state index is -0.538. The molecule has 1 fully saturated rings. The van der Waals surface area contributed by atoms with Crippen molar-refractivity contribution in [3.63, 3.8) is 0 Å². The molecule has 1 saturated carbocycles. The molecule has 0 spiro atoms. The zero-order valence-corrected chi connectivity index (χ0v) is 15.6. The van der Waals surface area contributed by atoms with Gasteiger partial charge in [0, 0.05) is 18.2 Å². The van der Waals surface area contributed by atoms with Gasteiger partial charge in [0.1, 0.15) is 5.60 Å². The third-order valence-electron chi connectivity index (χ3n) is 3.69. The second-order valence-corrected chi connectivity index (χ2v) is 7.37. The highest BCUT2D eigenvalue weighted by Crippen LogP contribution is 2.39. The first-order chi connectivity index (χ1) is 11.6. The molecular weight excluding hydrogens is 348 g/mol. The Morgan fingerprint density at radius 2 is 2.04 bits per heavy atom. The largest absolute Gasteiger partial charge is 0.490 e. The van der Waals surface area contributed by atoms with Gasteiger partial charge in [-0.05, 0) is 39.7 Å². The van der Waals surface area contributed by atoms with Crippen LogP contribution in [0.5, 0.6) is 5.75 Å². The van der Waals surface area contributed by atoms with Crippen LogP contribution in [-0.4, -0.2) is 41.9 Å². The zero-order chi connectivity index (χ0) is 18.7. The molecule has 25 heavy (non-hydrogen) atoms. The van der Waals surface area contributed by atoms with Crippen LogP contribution in [0.4, 0.5) is 4.79 Å². The van der Waals surface area contributed by atoms with Crippen LogP contribution in [-0.2, 0) is 9.47 Å². The quantitative estimate of drug-likeness (QED) is 0.610. The zero-order valence-electron chi connectivity index (χ0n) is 14.8. The molecule has 1 heterocycles. The number of aromatic nitrogens is 1. The molecule has 0 aliphatic heterocycles. The summed E-state index contributed by atoms with van der Waals surface area (Å²) < 4.78 is 15.6. The molecule has 0 radical (unpaired) electrons. The Kier molecular flexibility index (Phi) is 5.77. The number of nitrogens with one attached hydrogen (secondary N) is 1. The number of pyridine rings is 1. The molecule has 1 aliphatic rings. The second-order valence-electron chi connectivity index (χ2n) is 7.01. The Labute approximate surface area is 152 Å². The van der Waals surface area contributed by atoms with Crippen LogP contribution in [0.1, 0.15) is 50.4 Å². The molecule has 1 amide bonds. The van der Waals surface area contributed by atoms with Gasteiger partial charge in [-0.2, -0.15) is 0 Å². The first-order valence-corrected chi connectivity index (χ1v) is 8.40. The molecule has 8 heteroatoms. The SMILES string of the molecule is COC(=O)c1cnc(Cl)c(OCCC2(NC(=O)OC(C)(C)C)CC2)c1. The first-order valence-electron chi connectivity index (χ1n) is 8.02. The predicted octanol–water partition coefficient (Wildman–Crippen LogP) is 3.35. The summed E-state index contributed by atoms with van der Waals surface area (Å²) >= 11 is 5.99. The maximum atomic E-state index is 11.9. The number of nitrogens with zero attached hydrogens (tertiary/aromatic N) is 1. The van der Waals surface area contributed by atoms with Crippen molar-refractivity contribution in [2.24, 2.45) is 0 Å². The lowest BCUT2D eigenvalue weighted by atomic mass is 10.2. The number of rotatable bonds is 6. The van der Waals surface area contributed by atoms with Crippen molar-refractivity contribution in [2.45, 2.75) is 51.2 Å². The Morgan fingerprint density at radius 3 is 2.60 bits per heavy atom. The van der Waals surface area contributed by atoms with Gasteiger partial charge >= 0.3 is 12.1 Å². The van der Waals surface area contributed by atoms with Crippen LogP contribution in [0.25, 0.3) is 0 Å². The van der Waals surface area contributed by atoms with E-state index in [-0.39, 0.29) is 16.3 Å². The van der Waals surface area contributed by atoms with Crippen LogP contribution in [0, 0.1) is 0 Å². The lowest BCUT2D eigenvalue weighted by Crippen LogP contribution is -2.41. The van der Waals surface area contributed by atoms with E-state index in [2.05, 4.69) is 15.0 Å². The van der Waals surface area contributed by atoms with E-state index in [9.17, 15) is 9.59 Å². The van der Waals surface area contributed by atoms with Gasteiger partial charge in [0.2, 0.25) is 0 Å². The molecular formula is C17H23ClN2O5. The lowest BCUT2D eigenvalue weighted by Gasteiger charge is -2.23. The summed E-state index contributed by atoms with van der Waals surface area (Å²) in [6.07, 6.45) is 3.23. The molecule has 0 bridgehead atoms. The van der Waals surface area contributed by atoms with Crippen LogP contribution in [0.3, 0.4) is 0 Å². The molecule has 1 aliphatic carbocycles. The molecule has 1 aromatic heterocycles. The van der Waals surface area contributed by atoms with Crippen molar-refractivity contribution in [3.8, 4) is 5.75 Å². The third kappa shape index (κ3) is 5.77. The molecule has 138 valence electrons. The fourth-order valence-corrected chi connectivity index (χ4v) is 2.38. The Bertz CT molecular complexity index is 653. The number of esters is 1. The average molecular weight is 371 g/mol. The number of halogens is 1. The lowest BCUT2D eigenvalue weighted by molar-refractivity contribution is 0.0488. The Balaban J connectivity index is 1.88. The third-order valence-corrected chi connectivity index (χ3v) is 3.97. The summed E-state index contributed by atoms with van der Waals surface area (Å²) in [5, 5.41) is 3.06. The molecule has 0 atom stereocenters. The second kappa shape index (κ2) is 7.47. The highest BCUT2D eigenvalue weighted by Gasteiger charge is 2.44. The standard InChI is InChI=1S/C17H23ClN2O5/c1-16(2,3)25-15(22)20-17(5-6-17)7-8-24-12-9-11(14(21)23-4)10-19-13(12)18/h9-10H,5-8H2,1-4H3,(H,20,22). The van der Waals surface area contributed by atoms with Crippen molar-refractivity contribution >= 4 is 23.7 Å². The summed E-state index contributed by atoms with van der Waals surface area (Å²) in [5.74, 6) is -0.211. The molecule has 0 aromatic carbocycles. The fraction of sp³-hybridized carbons (Fsp3) is 0.588. The molecule has 1 aromatic rings.